The molecular formula is C29H26ClFN2O6. The van der Waals surface area contributed by atoms with Crippen molar-refractivity contribution in [1.82, 2.24) is 5.06 Å². The normalized spacial score (nSPS) is 31.8. The first-order valence-electron chi connectivity index (χ1n) is 12.8. The first-order chi connectivity index (χ1) is 18.4. The Kier molecular flexibility index (Phi) is 5.58. The summed E-state index contributed by atoms with van der Waals surface area (Å²) in [4.78, 5) is 55.0. The molecule has 2 N–H and O–H groups in total. The molecule has 2 aliphatic heterocycles. The second-order valence-electron chi connectivity index (χ2n) is 11.3. The van der Waals surface area contributed by atoms with Crippen LogP contribution < -0.4 is 4.90 Å². The molecule has 2 aliphatic carbocycles. The van der Waals surface area contributed by atoms with Gasteiger partial charge < -0.3 is 5.11 Å². The molecule has 0 bridgehead atoms. The van der Waals surface area contributed by atoms with Gasteiger partial charge in [0.15, 0.2) is 0 Å². The van der Waals surface area contributed by atoms with Crippen molar-refractivity contribution in [3.63, 3.8) is 0 Å². The number of phenolic OH excluding ortho intramolecular Hbond substituents is 1. The van der Waals surface area contributed by atoms with Gasteiger partial charge in [0.1, 0.15) is 11.6 Å². The van der Waals surface area contributed by atoms with Crippen LogP contribution in [0.2, 0.25) is 5.02 Å². The van der Waals surface area contributed by atoms with Gasteiger partial charge in [-0.2, -0.15) is 5.06 Å². The lowest BCUT2D eigenvalue weighted by Gasteiger charge is -2.49. The monoisotopic (exact) mass is 552 g/mol. The molecule has 2 heterocycles. The van der Waals surface area contributed by atoms with Crippen LogP contribution in [0.1, 0.15) is 42.4 Å². The van der Waals surface area contributed by atoms with E-state index >= 15 is 0 Å². The van der Waals surface area contributed by atoms with Crippen molar-refractivity contribution in [1.29, 1.82) is 0 Å². The van der Waals surface area contributed by atoms with Crippen molar-refractivity contribution in [3.05, 3.63) is 69.5 Å². The van der Waals surface area contributed by atoms with Crippen molar-refractivity contribution in [2.45, 2.75) is 39.5 Å². The van der Waals surface area contributed by atoms with Crippen LogP contribution in [0.4, 0.5) is 10.1 Å². The number of amides is 4. The van der Waals surface area contributed by atoms with Gasteiger partial charge in [-0.15, -0.1) is 0 Å². The Morgan fingerprint density at radius 1 is 1.00 bits per heavy atom. The quantitative estimate of drug-likeness (QED) is 0.324. The van der Waals surface area contributed by atoms with Crippen LogP contribution in [0.3, 0.4) is 0 Å². The molecule has 2 aromatic carbocycles. The third kappa shape index (κ3) is 3.32. The average Bonchev–Trinajstić information content (AvgIpc) is 3.23. The zero-order chi connectivity index (χ0) is 28.1. The minimum Gasteiger partial charge on any atom is -0.507 e. The summed E-state index contributed by atoms with van der Waals surface area (Å²) < 4.78 is 13.9. The lowest BCUT2D eigenvalue weighted by molar-refractivity contribution is -0.173. The molecule has 202 valence electrons. The Morgan fingerprint density at radius 3 is 2.31 bits per heavy atom. The fourth-order valence-electron chi connectivity index (χ4n) is 7.41. The maximum Gasteiger partial charge on any atom is 0.257 e. The highest BCUT2D eigenvalue weighted by molar-refractivity contribution is 6.31. The first-order valence-corrected chi connectivity index (χ1v) is 13.2. The number of aryl methyl sites for hydroxylation is 2. The molecule has 4 aliphatic rings. The van der Waals surface area contributed by atoms with Crippen molar-refractivity contribution in [2.75, 3.05) is 4.90 Å². The Bertz CT molecular complexity index is 1510. The summed E-state index contributed by atoms with van der Waals surface area (Å²) in [6, 6.07) is 7.22. The zero-order valence-electron chi connectivity index (χ0n) is 21.4. The molecule has 0 spiro atoms. The van der Waals surface area contributed by atoms with Crippen LogP contribution in [-0.2, 0) is 19.2 Å². The van der Waals surface area contributed by atoms with E-state index in [-0.39, 0.29) is 34.4 Å². The number of fused-ring (bicyclic) bond motifs is 4. The number of halogens is 2. The molecular weight excluding hydrogens is 527 g/mol. The number of nitrogens with zero attached hydrogens (tertiary/aromatic N) is 2. The molecule has 0 radical (unpaired) electrons. The minimum atomic E-state index is -1.28. The highest BCUT2D eigenvalue weighted by Gasteiger charge is 2.67. The predicted octanol–water partition coefficient (Wildman–Crippen LogP) is 4.42. The van der Waals surface area contributed by atoms with E-state index in [1.54, 1.807) is 32.9 Å². The fourth-order valence-corrected chi connectivity index (χ4v) is 7.58. The molecule has 39 heavy (non-hydrogen) atoms. The number of imide groups is 2. The Hall–Kier alpha value is -3.56. The van der Waals surface area contributed by atoms with Crippen LogP contribution in [-0.4, -0.2) is 39.0 Å². The minimum absolute atomic E-state index is 0.120. The van der Waals surface area contributed by atoms with Crippen molar-refractivity contribution >= 4 is 40.9 Å². The number of allylic oxidation sites excluding steroid dienone is 2. The average molecular weight is 553 g/mol. The molecule has 0 aromatic heterocycles. The van der Waals surface area contributed by atoms with Gasteiger partial charge in [0.2, 0.25) is 11.8 Å². The Balaban J connectivity index is 1.56. The molecule has 3 fully saturated rings. The SMILES string of the molecule is Cc1cc([C@H]2C3=CC[C@@H]4C(=O)N(O)C(=O)[C@@H]4[C@@H]3C[C@H]3C(=O)N(c4ccc(F)c(Cl)c4)C(=O)[C@@]23C)cc(C)c1O. The highest BCUT2D eigenvalue weighted by Crippen LogP contribution is 2.63. The lowest BCUT2D eigenvalue weighted by atomic mass is 9.51. The van der Waals surface area contributed by atoms with Gasteiger partial charge in [-0.25, -0.2) is 9.29 Å². The summed E-state index contributed by atoms with van der Waals surface area (Å²) in [7, 11) is 0. The van der Waals surface area contributed by atoms with Gasteiger partial charge >= 0.3 is 0 Å². The van der Waals surface area contributed by atoms with Crippen molar-refractivity contribution < 1.29 is 33.9 Å². The molecule has 10 heteroatoms. The van der Waals surface area contributed by atoms with Gasteiger partial charge in [0, 0.05) is 5.92 Å². The van der Waals surface area contributed by atoms with Crippen molar-refractivity contribution in [2.24, 2.45) is 29.1 Å². The maximum atomic E-state index is 14.3. The summed E-state index contributed by atoms with van der Waals surface area (Å²) in [5, 5.41) is 20.6. The van der Waals surface area contributed by atoms with Crippen LogP contribution in [0, 0.1) is 48.8 Å². The zero-order valence-corrected chi connectivity index (χ0v) is 22.2. The van der Waals surface area contributed by atoms with E-state index in [0.717, 1.165) is 16.5 Å². The standard InChI is InChI=1S/C29H26ClFN2O6/c1-12-8-14(9-13(2)24(12)34)23-16-5-6-17-22(27(37)33(39)25(17)35)18(16)11-19-26(36)32(28(38)29(19,23)3)15-4-7-21(31)20(30)10-15/h4-5,7-10,17-19,22-23,34,39H,6,11H2,1-3H3/t17-,18+,19-,22-,23-,29+/m0/s1. The van der Waals surface area contributed by atoms with Crippen LogP contribution >= 0.6 is 11.6 Å². The largest absolute Gasteiger partial charge is 0.507 e. The van der Waals surface area contributed by atoms with Crippen LogP contribution in [0.25, 0.3) is 0 Å². The number of carbonyl (C=O) groups is 4. The molecule has 0 unspecified atom stereocenters. The third-order valence-corrected chi connectivity index (χ3v) is 9.55. The van der Waals surface area contributed by atoms with E-state index in [2.05, 4.69) is 0 Å². The van der Waals surface area contributed by atoms with E-state index in [1.807, 2.05) is 6.08 Å². The van der Waals surface area contributed by atoms with E-state index < -0.39 is 64.5 Å². The number of phenols is 1. The highest BCUT2D eigenvalue weighted by atomic mass is 35.5. The lowest BCUT2D eigenvalue weighted by Crippen LogP contribution is -2.48. The van der Waals surface area contributed by atoms with Gasteiger partial charge in [-0.3, -0.25) is 24.4 Å². The molecule has 6 atom stereocenters. The first kappa shape index (κ1) is 25.7. The second-order valence-corrected chi connectivity index (χ2v) is 11.7. The maximum absolute atomic E-state index is 14.3. The predicted molar refractivity (Wildman–Crippen MR) is 137 cm³/mol. The van der Waals surface area contributed by atoms with E-state index in [0.29, 0.717) is 16.7 Å². The van der Waals surface area contributed by atoms with Gasteiger partial charge in [-0.1, -0.05) is 35.4 Å². The van der Waals surface area contributed by atoms with E-state index in [1.165, 1.54) is 12.1 Å². The Labute approximate surface area is 228 Å². The second kappa shape index (κ2) is 8.47. The third-order valence-electron chi connectivity index (χ3n) is 9.26. The van der Waals surface area contributed by atoms with Gasteiger partial charge in [0.05, 0.1) is 33.9 Å². The van der Waals surface area contributed by atoms with Crippen molar-refractivity contribution in [3.8, 4) is 5.75 Å². The Morgan fingerprint density at radius 2 is 1.67 bits per heavy atom. The van der Waals surface area contributed by atoms with Crippen LogP contribution in [0.15, 0.2) is 42.0 Å². The van der Waals surface area contributed by atoms with Crippen LogP contribution in [0.5, 0.6) is 5.75 Å². The summed E-state index contributed by atoms with van der Waals surface area (Å²) in [5.41, 5.74) is 1.50. The van der Waals surface area contributed by atoms with Gasteiger partial charge in [0.25, 0.3) is 11.8 Å². The summed E-state index contributed by atoms with van der Waals surface area (Å²) >= 11 is 6.00. The number of anilines is 1. The molecule has 1 saturated carbocycles. The number of hydrogen-bond donors (Lipinski definition) is 2. The summed E-state index contributed by atoms with van der Waals surface area (Å²) in [6.07, 6.45) is 2.21. The summed E-state index contributed by atoms with van der Waals surface area (Å²) in [6.45, 7) is 5.22. The number of aromatic hydroxyl groups is 1. The molecule has 4 amide bonds. The topological polar surface area (TPSA) is 115 Å². The van der Waals surface area contributed by atoms with E-state index in [4.69, 9.17) is 11.6 Å². The number of hydrogen-bond acceptors (Lipinski definition) is 6. The summed E-state index contributed by atoms with van der Waals surface area (Å²) in [5.74, 6) is -6.62. The molecule has 6 rings (SSSR count). The molecule has 2 aromatic rings. The number of rotatable bonds is 2. The smallest absolute Gasteiger partial charge is 0.257 e. The van der Waals surface area contributed by atoms with Gasteiger partial charge in [-0.05, 0) is 74.4 Å². The molecule has 2 saturated heterocycles. The van der Waals surface area contributed by atoms with E-state index in [9.17, 15) is 33.9 Å². The number of hydroxylamine groups is 2. The number of benzene rings is 2. The molecule has 8 nitrogen and oxygen atoms in total. The fraction of sp³-hybridized carbons (Fsp3) is 0.379. The number of carbonyl (C=O) groups excluding carboxylic acids is 4.